The van der Waals surface area contributed by atoms with E-state index in [1.165, 1.54) is 17.5 Å². The van der Waals surface area contributed by atoms with E-state index in [0.717, 1.165) is 18.4 Å². The number of aryl methyl sites for hydroxylation is 2. The van der Waals surface area contributed by atoms with Crippen molar-refractivity contribution in [2.45, 2.75) is 51.7 Å². The van der Waals surface area contributed by atoms with Gasteiger partial charge in [0.25, 0.3) is 0 Å². The molecule has 1 aliphatic rings. The summed E-state index contributed by atoms with van der Waals surface area (Å²) in [5.41, 5.74) is 9.15. The van der Waals surface area contributed by atoms with E-state index < -0.39 is 11.7 Å². The van der Waals surface area contributed by atoms with Crippen LogP contribution in [-0.4, -0.2) is 18.2 Å². The standard InChI is InChI=1S/C16H24N2O2/c1-16(2,3)20-15(19)18-14(10-17)13-8-7-11-5-4-6-12(11)9-13/h7-9,14H,4-6,10,17H2,1-3H3,(H,18,19). The molecule has 110 valence electrons. The molecule has 0 fully saturated rings. The molecule has 0 bridgehead atoms. The van der Waals surface area contributed by atoms with E-state index >= 15 is 0 Å². The minimum Gasteiger partial charge on any atom is -0.444 e. The lowest BCUT2D eigenvalue weighted by molar-refractivity contribution is 0.0505. The van der Waals surface area contributed by atoms with E-state index in [1.807, 2.05) is 20.8 Å². The van der Waals surface area contributed by atoms with Crippen LogP contribution < -0.4 is 11.1 Å². The van der Waals surface area contributed by atoms with Crippen molar-refractivity contribution in [3.05, 3.63) is 34.9 Å². The van der Waals surface area contributed by atoms with Crippen LogP contribution >= 0.6 is 0 Å². The highest BCUT2D eigenvalue weighted by Crippen LogP contribution is 2.25. The Morgan fingerprint density at radius 2 is 2.05 bits per heavy atom. The van der Waals surface area contributed by atoms with Crippen LogP contribution in [0.4, 0.5) is 4.79 Å². The highest BCUT2D eigenvalue weighted by molar-refractivity contribution is 5.68. The molecule has 1 aliphatic carbocycles. The zero-order chi connectivity index (χ0) is 14.8. The number of hydrogen-bond acceptors (Lipinski definition) is 3. The van der Waals surface area contributed by atoms with Crippen LogP contribution in [0.3, 0.4) is 0 Å². The topological polar surface area (TPSA) is 64.3 Å². The van der Waals surface area contributed by atoms with Crippen LogP contribution in [0.25, 0.3) is 0 Å². The summed E-state index contributed by atoms with van der Waals surface area (Å²) in [6.07, 6.45) is 3.06. The summed E-state index contributed by atoms with van der Waals surface area (Å²) < 4.78 is 5.28. The lowest BCUT2D eigenvalue weighted by atomic mass is 10.0. The molecule has 2 rings (SSSR count). The van der Waals surface area contributed by atoms with Crippen LogP contribution in [0.5, 0.6) is 0 Å². The van der Waals surface area contributed by atoms with Crippen LogP contribution in [0.15, 0.2) is 18.2 Å². The highest BCUT2D eigenvalue weighted by Gasteiger charge is 2.21. The van der Waals surface area contributed by atoms with Crippen molar-refractivity contribution in [2.24, 2.45) is 5.73 Å². The van der Waals surface area contributed by atoms with Crippen LogP contribution in [-0.2, 0) is 17.6 Å². The van der Waals surface area contributed by atoms with Gasteiger partial charge >= 0.3 is 6.09 Å². The van der Waals surface area contributed by atoms with Gasteiger partial charge in [-0.05, 0) is 56.7 Å². The van der Waals surface area contributed by atoms with E-state index in [1.54, 1.807) is 0 Å². The number of carbonyl (C=O) groups is 1. The fraction of sp³-hybridized carbons (Fsp3) is 0.562. The van der Waals surface area contributed by atoms with Crippen LogP contribution in [0.2, 0.25) is 0 Å². The maximum atomic E-state index is 11.8. The Kier molecular flexibility index (Phi) is 4.33. The highest BCUT2D eigenvalue weighted by atomic mass is 16.6. The summed E-state index contributed by atoms with van der Waals surface area (Å²) in [7, 11) is 0. The fourth-order valence-electron chi connectivity index (χ4n) is 2.54. The number of hydrogen-bond donors (Lipinski definition) is 2. The fourth-order valence-corrected chi connectivity index (χ4v) is 2.54. The average Bonchev–Trinajstić information content (AvgIpc) is 2.80. The molecular weight excluding hydrogens is 252 g/mol. The van der Waals surface area contributed by atoms with Gasteiger partial charge in [0.15, 0.2) is 0 Å². The molecule has 4 heteroatoms. The van der Waals surface area contributed by atoms with Crippen molar-refractivity contribution in [1.29, 1.82) is 0 Å². The molecular formula is C16H24N2O2. The molecule has 0 aromatic heterocycles. The number of ether oxygens (including phenoxy) is 1. The van der Waals surface area contributed by atoms with Crippen molar-refractivity contribution in [2.75, 3.05) is 6.54 Å². The number of fused-ring (bicyclic) bond motifs is 1. The van der Waals surface area contributed by atoms with Gasteiger partial charge in [0, 0.05) is 6.54 Å². The first kappa shape index (κ1) is 14.9. The monoisotopic (exact) mass is 276 g/mol. The molecule has 20 heavy (non-hydrogen) atoms. The van der Waals surface area contributed by atoms with Crippen molar-refractivity contribution in [1.82, 2.24) is 5.32 Å². The van der Waals surface area contributed by atoms with Crippen LogP contribution in [0.1, 0.15) is 49.9 Å². The predicted molar refractivity (Wildman–Crippen MR) is 79.6 cm³/mol. The van der Waals surface area contributed by atoms with Gasteiger partial charge in [-0.3, -0.25) is 0 Å². The van der Waals surface area contributed by atoms with E-state index in [-0.39, 0.29) is 6.04 Å². The van der Waals surface area contributed by atoms with Gasteiger partial charge in [0.1, 0.15) is 5.60 Å². The van der Waals surface area contributed by atoms with Crippen molar-refractivity contribution in [3.63, 3.8) is 0 Å². The molecule has 0 aliphatic heterocycles. The molecule has 0 heterocycles. The quantitative estimate of drug-likeness (QED) is 0.892. The molecule has 0 radical (unpaired) electrons. The second-order valence-electron chi connectivity index (χ2n) is 6.32. The third kappa shape index (κ3) is 3.73. The largest absolute Gasteiger partial charge is 0.444 e. The lowest BCUT2D eigenvalue weighted by Gasteiger charge is -2.23. The third-order valence-electron chi connectivity index (χ3n) is 3.45. The Labute approximate surface area is 120 Å². The van der Waals surface area contributed by atoms with E-state index in [2.05, 4.69) is 23.5 Å². The number of benzene rings is 1. The Bertz CT molecular complexity index is 492. The number of rotatable bonds is 3. The van der Waals surface area contributed by atoms with E-state index in [0.29, 0.717) is 6.54 Å². The lowest BCUT2D eigenvalue weighted by Crippen LogP contribution is -2.37. The molecule has 1 amide bonds. The Balaban J connectivity index is 2.06. The number of amides is 1. The zero-order valence-electron chi connectivity index (χ0n) is 12.5. The summed E-state index contributed by atoms with van der Waals surface area (Å²) in [5, 5.41) is 2.84. The maximum Gasteiger partial charge on any atom is 0.408 e. The van der Waals surface area contributed by atoms with Gasteiger partial charge in [0.2, 0.25) is 0 Å². The van der Waals surface area contributed by atoms with Gasteiger partial charge < -0.3 is 15.8 Å². The van der Waals surface area contributed by atoms with E-state index in [9.17, 15) is 4.79 Å². The van der Waals surface area contributed by atoms with Gasteiger partial charge in [-0.2, -0.15) is 0 Å². The first-order valence-electron chi connectivity index (χ1n) is 7.20. The van der Waals surface area contributed by atoms with E-state index in [4.69, 9.17) is 10.5 Å². The molecule has 0 saturated heterocycles. The van der Waals surface area contributed by atoms with Crippen molar-refractivity contribution < 1.29 is 9.53 Å². The Morgan fingerprint density at radius 3 is 2.70 bits per heavy atom. The van der Waals surface area contributed by atoms with Crippen molar-refractivity contribution >= 4 is 6.09 Å². The minimum absolute atomic E-state index is 0.198. The van der Waals surface area contributed by atoms with Gasteiger partial charge in [-0.1, -0.05) is 18.2 Å². The summed E-state index contributed by atoms with van der Waals surface area (Å²) in [6, 6.07) is 6.17. The summed E-state index contributed by atoms with van der Waals surface area (Å²) in [4.78, 5) is 11.8. The van der Waals surface area contributed by atoms with Gasteiger partial charge in [-0.15, -0.1) is 0 Å². The van der Waals surface area contributed by atoms with Crippen molar-refractivity contribution in [3.8, 4) is 0 Å². The predicted octanol–water partition coefficient (Wildman–Crippen LogP) is 2.70. The Hall–Kier alpha value is -1.55. The molecule has 1 aromatic carbocycles. The molecule has 1 unspecified atom stereocenters. The normalized spacial score (nSPS) is 15.6. The molecule has 3 N–H and O–H groups in total. The second-order valence-corrected chi connectivity index (χ2v) is 6.32. The number of carbonyl (C=O) groups excluding carboxylic acids is 1. The molecule has 0 saturated carbocycles. The second kappa shape index (κ2) is 5.83. The number of nitrogens with two attached hydrogens (primary N) is 1. The summed E-state index contributed by atoms with van der Waals surface area (Å²) >= 11 is 0. The minimum atomic E-state index is -0.499. The summed E-state index contributed by atoms with van der Waals surface area (Å²) in [5.74, 6) is 0. The average molecular weight is 276 g/mol. The summed E-state index contributed by atoms with van der Waals surface area (Å²) in [6.45, 7) is 5.90. The molecule has 4 nitrogen and oxygen atoms in total. The number of alkyl carbamates (subject to hydrolysis) is 1. The zero-order valence-corrected chi connectivity index (χ0v) is 12.5. The third-order valence-corrected chi connectivity index (χ3v) is 3.45. The Morgan fingerprint density at radius 1 is 1.35 bits per heavy atom. The SMILES string of the molecule is CC(C)(C)OC(=O)NC(CN)c1ccc2c(c1)CCC2. The first-order chi connectivity index (χ1) is 9.39. The molecule has 0 spiro atoms. The number of nitrogens with one attached hydrogen (secondary N) is 1. The first-order valence-corrected chi connectivity index (χ1v) is 7.20. The smallest absolute Gasteiger partial charge is 0.408 e. The molecule has 1 aromatic rings. The van der Waals surface area contributed by atoms with Crippen LogP contribution in [0, 0.1) is 0 Å². The van der Waals surface area contributed by atoms with Gasteiger partial charge in [-0.25, -0.2) is 4.79 Å². The van der Waals surface area contributed by atoms with Gasteiger partial charge in [0.05, 0.1) is 6.04 Å². The molecule has 1 atom stereocenters. The maximum absolute atomic E-state index is 11.8.